The molecule has 0 atom stereocenters. The zero-order valence-corrected chi connectivity index (χ0v) is 19.7. The molecular formula is C8H20N3OP3Rf-2. The molecular weight excluding hydrogens is 514 g/mol. The van der Waals surface area contributed by atoms with Crippen molar-refractivity contribution in [2.75, 3.05) is 6.61 Å². The summed E-state index contributed by atoms with van der Waals surface area (Å²) in [6.45, 7) is 12.1. The standard InChI is InChI=1S/C3H7O.C3H7.C2H6.N3P3.Rf/c1-3-4-2;1-3-2;1-2;1-4-2-6-3-5-1;/h2-3H2,1H3;1,3H2,2H3;1-2H3;;/q2*-1;;;. The smallest absolute Gasteiger partial charge is 0.166 e. The van der Waals surface area contributed by atoms with Gasteiger partial charge in [-0.25, -0.2) is 7.11 Å². The molecule has 0 saturated carbocycles. The van der Waals surface area contributed by atoms with Crippen molar-refractivity contribution in [2.45, 2.75) is 34.1 Å². The van der Waals surface area contributed by atoms with Crippen molar-refractivity contribution >= 4 is 25.5 Å². The molecule has 0 bridgehead atoms. The number of nitrogens with zero attached hydrogens (tertiary/aromatic N) is 3. The summed E-state index contributed by atoms with van der Waals surface area (Å²) in [5.74, 6) is 0. The summed E-state index contributed by atoms with van der Waals surface area (Å²) in [6.07, 6.45) is 1.00. The molecule has 0 aliphatic carbocycles. The minimum absolute atomic E-state index is 0. The average Bonchev–Trinajstić information content (AvgIpc) is 2.35. The van der Waals surface area contributed by atoms with Gasteiger partial charge in [0, 0.05) is 6.61 Å². The van der Waals surface area contributed by atoms with Gasteiger partial charge in [0.2, 0.25) is 0 Å². The molecule has 0 saturated heterocycles. The van der Waals surface area contributed by atoms with Crippen molar-refractivity contribution in [1.29, 1.82) is 0 Å². The van der Waals surface area contributed by atoms with Gasteiger partial charge in [0.05, 0.1) is 0 Å². The Morgan fingerprint density at radius 3 is 1.25 bits per heavy atom. The SMILES string of the molecule is CC.[CH2-]CC.[CH2-]OCC.[Rf].n1pnpnp1. The van der Waals surface area contributed by atoms with E-state index in [0.717, 1.165) is 32.0 Å². The van der Waals surface area contributed by atoms with Crippen molar-refractivity contribution < 1.29 is 4.74 Å². The Hall–Kier alpha value is -0.740. The molecule has 8 heteroatoms. The zero-order valence-electron chi connectivity index (χ0n) is 10.6. The molecule has 1 rings (SSSR count). The normalized spacial score (nSPS) is 7.88. The summed E-state index contributed by atoms with van der Waals surface area (Å²) in [7, 11) is 5.59. The monoisotopic (exact) mass is 534 g/mol. The zero-order chi connectivity index (χ0) is 12.4. The van der Waals surface area contributed by atoms with E-state index in [1.54, 1.807) is 0 Å². The summed E-state index contributed by atoms with van der Waals surface area (Å²) in [5.41, 5.74) is 0. The van der Waals surface area contributed by atoms with Crippen LogP contribution < -0.4 is 0 Å². The number of ether oxygens (including phenoxy) is 1. The molecule has 16 heavy (non-hydrogen) atoms. The maximum absolute atomic E-state index is 4.29. The van der Waals surface area contributed by atoms with Crippen LogP contribution >= 0.6 is 25.5 Å². The van der Waals surface area contributed by atoms with E-state index >= 15 is 0 Å². The van der Waals surface area contributed by atoms with Crippen LogP contribution in [-0.2, 0) is 4.74 Å². The molecule has 92 valence electrons. The van der Waals surface area contributed by atoms with Crippen molar-refractivity contribution in [3.8, 4) is 0 Å². The maximum Gasteiger partial charge on any atom is 0.166 e. The maximum atomic E-state index is 4.29. The van der Waals surface area contributed by atoms with Gasteiger partial charge >= 0.3 is 0 Å². The predicted octanol–water partition coefficient (Wildman–Crippen LogP) is 4.68. The van der Waals surface area contributed by atoms with Gasteiger partial charge in [-0.15, -0.1) is 0 Å². The first-order valence-electron chi connectivity index (χ1n) is 4.69. The van der Waals surface area contributed by atoms with E-state index in [2.05, 4.69) is 32.3 Å². The first-order chi connectivity index (χ1) is 7.33. The number of hydrogen-bond donors (Lipinski definition) is 0. The van der Waals surface area contributed by atoms with Crippen LogP contribution in [-0.4, -0.2) is 20.1 Å². The van der Waals surface area contributed by atoms with Crippen LogP contribution in [0.3, 0.4) is 0 Å². The summed E-state index contributed by atoms with van der Waals surface area (Å²) in [4.78, 5) is 0. The van der Waals surface area contributed by atoms with E-state index in [0.29, 0.717) is 6.61 Å². The van der Waals surface area contributed by atoms with Crippen LogP contribution in [0.2, 0.25) is 0 Å². The third kappa shape index (κ3) is 50.9. The average molecular weight is 534 g/mol. The molecule has 0 radical (unpaired) electrons. The van der Waals surface area contributed by atoms with Gasteiger partial charge in [-0.2, -0.15) is 19.9 Å². The minimum atomic E-state index is 0. The third-order valence-electron chi connectivity index (χ3n) is 0.444. The summed E-state index contributed by atoms with van der Waals surface area (Å²) < 4.78 is 15.6. The number of aromatic nitrogens is 3. The fourth-order valence-electron chi connectivity index (χ4n) is 0.107. The van der Waals surface area contributed by atoms with Crippen LogP contribution in [0.1, 0.15) is 34.1 Å². The Kier molecular flexibility index (Phi) is 56.2. The van der Waals surface area contributed by atoms with Crippen LogP contribution in [0.5, 0.6) is 0 Å². The Balaban J connectivity index is -0.0000000645. The van der Waals surface area contributed by atoms with Crippen molar-refractivity contribution in [2.24, 2.45) is 0 Å². The second-order valence-corrected chi connectivity index (χ2v) is 4.21. The van der Waals surface area contributed by atoms with Crippen molar-refractivity contribution in [3.63, 3.8) is 0 Å². The van der Waals surface area contributed by atoms with Gasteiger partial charge in [-0.3, -0.25) is 0 Å². The predicted molar refractivity (Wildman–Crippen MR) is 71.3 cm³/mol. The van der Waals surface area contributed by atoms with Gasteiger partial charge in [-0.05, 0) is 6.92 Å². The minimum Gasteiger partial charge on any atom is -0.555 e. The summed E-state index contributed by atoms with van der Waals surface area (Å²) in [6, 6.07) is 0. The molecule has 0 N–H and O–H groups in total. The van der Waals surface area contributed by atoms with Crippen LogP contribution in [0.15, 0.2) is 0 Å². The third-order valence-corrected chi connectivity index (χ3v) is 2.36. The quantitative estimate of drug-likeness (QED) is 0.492. The van der Waals surface area contributed by atoms with E-state index < -0.39 is 0 Å². The van der Waals surface area contributed by atoms with Crippen molar-refractivity contribution in [3.05, 3.63) is 14.0 Å². The Morgan fingerprint density at radius 2 is 1.19 bits per heavy atom. The number of rotatable bonds is 1. The topological polar surface area (TPSA) is 47.9 Å². The van der Waals surface area contributed by atoms with E-state index in [1.807, 2.05) is 27.7 Å². The first-order valence-corrected chi connectivity index (χ1v) is 7.09. The van der Waals surface area contributed by atoms with Crippen LogP contribution in [0.25, 0.3) is 0 Å². The Morgan fingerprint density at radius 1 is 1.00 bits per heavy atom. The van der Waals surface area contributed by atoms with Gasteiger partial charge in [0.15, 0.2) is 25.5 Å². The second kappa shape index (κ2) is 36.7. The van der Waals surface area contributed by atoms with E-state index in [9.17, 15) is 0 Å². The Bertz CT molecular complexity index is 134. The molecule has 1 aromatic rings. The number of hydrogen-bond acceptors (Lipinski definition) is 4. The van der Waals surface area contributed by atoms with E-state index in [-0.39, 0.29) is 0 Å². The molecule has 0 aliphatic rings. The molecule has 0 aromatic carbocycles. The molecule has 0 unspecified atom stereocenters. The van der Waals surface area contributed by atoms with Gasteiger partial charge in [0.25, 0.3) is 0 Å². The van der Waals surface area contributed by atoms with Crippen molar-refractivity contribution in [1.82, 2.24) is 13.5 Å². The molecule has 4 nitrogen and oxygen atoms in total. The molecule has 1 aromatic heterocycles. The first kappa shape index (κ1) is 24.5. The van der Waals surface area contributed by atoms with Gasteiger partial charge in [-0.1, -0.05) is 20.8 Å². The molecule has 0 spiro atoms. The summed E-state index contributed by atoms with van der Waals surface area (Å²) >= 11 is 0. The van der Waals surface area contributed by atoms with Crippen LogP contribution in [0, 0.1) is 14.0 Å². The van der Waals surface area contributed by atoms with Crippen LogP contribution in [0.4, 0.5) is 0 Å². The van der Waals surface area contributed by atoms with Gasteiger partial charge in [0.1, 0.15) is 0 Å². The Labute approximate surface area is 99.0 Å². The fourth-order valence-corrected chi connectivity index (χ4v) is 1.93. The fraction of sp³-hybridized carbons (Fsp3) is 0.750. The molecule has 0 aliphatic heterocycles. The molecule has 0 fully saturated rings. The second-order valence-electron chi connectivity index (χ2n) is 1.53. The summed E-state index contributed by atoms with van der Waals surface area (Å²) in [5, 5.41) is 0. The molecule has 1 heterocycles. The largest absolute Gasteiger partial charge is 0.555 e. The van der Waals surface area contributed by atoms with Gasteiger partial charge < -0.3 is 11.7 Å². The van der Waals surface area contributed by atoms with E-state index in [4.69, 9.17) is 0 Å². The van der Waals surface area contributed by atoms with E-state index in [1.165, 1.54) is 0 Å². The molecule has 0 amide bonds.